The third-order valence-electron chi connectivity index (χ3n) is 2.56. The Morgan fingerprint density at radius 2 is 2.00 bits per heavy atom. The molecule has 0 fully saturated rings. The molecule has 0 aromatic carbocycles. The number of hydrogen-bond donors (Lipinski definition) is 4. The fraction of sp³-hybridized carbons (Fsp3) is 0.500. The number of imidazole rings is 1. The van der Waals surface area contributed by atoms with Crippen molar-refractivity contribution in [3.05, 3.63) is 11.9 Å². The van der Waals surface area contributed by atoms with Crippen LogP contribution in [-0.2, 0) is 25.8 Å². The van der Waals surface area contributed by atoms with Crippen LogP contribution >= 0.6 is 0 Å². The number of aromatic amines is 1. The summed E-state index contributed by atoms with van der Waals surface area (Å²) in [5.74, 6) is -3.94. The molecular weight excluding hydrogens is 290 g/mol. The van der Waals surface area contributed by atoms with Crippen LogP contribution in [0.2, 0.25) is 0 Å². The number of carbonyl (C=O) groups is 2. The van der Waals surface area contributed by atoms with Crippen molar-refractivity contribution in [1.29, 1.82) is 0 Å². The second kappa shape index (κ2) is 6.01. The first-order valence-corrected chi connectivity index (χ1v) is 7.26. The van der Waals surface area contributed by atoms with E-state index < -0.39 is 44.6 Å². The second-order valence-corrected chi connectivity index (χ2v) is 6.33. The molecular formula is C10H15N3O6S. The minimum atomic E-state index is -3.96. The smallest absolute Gasteiger partial charge is 0.321 e. The molecule has 0 aliphatic heterocycles. The van der Waals surface area contributed by atoms with Crippen LogP contribution in [0.1, 0.15) is 12.6 Å². The lowest BCUT2D eigenvalue weighted by molar-refractivity contribution is -0.141. The lowest BCUT2D eigenvalue weighted by Crippen LogP contribution is -2.37. The normalized spacial score (nSPS) is 14.7. The fourth-order valence-corrected chi connectivity index (χ4v) is 2.68. The number of nitrogens with zero attached hydrogens (tertiary/aromatic N) is 1. The Hall–Kier alpha value is -1.94. The SMILES string of the molecule is C[C@@H](Cc1cnc(S(=O)(=O)C[C@H](N)C(=O)O)[nH]1)C(=O)O. The van der Waals surface area contributed by atoms with Gasteiger partial charge >= 0.3 is 11.9 Å². The van der Waals surface area contributed by atoms with Gasteiger partial charge in [0.25, 0.3) is 0 Å². The van der Waals surface area contributed by atoms with E-state index >= 15 is 0 Å². The summed E-state index contributed by atoms with van der Waals surface area (Å²) < 4.78 is 23.7. The van der Waals surface area contributed by atoms with E-state index in [1.54, 1.807) is 0 Å². The Bertz CT molecular complexity index is 608. The Morgan fingerprint density at radius 1 is 1.40 bits per heavy atom. The number of H-pyrrole nitrogens is 1. The number of nitrogens with one attached hydrogen (secondary N) is 1. The molecule has 0 radical (unpaired) electrons. The lowest BCUT2D eigenvalue weighted by Gasteiger charge is -2.05. The van der Waals surface area contributed by atoms with Crippen LogP contribution in [0.25, 0.3) is 0 Å². The number of rotatable bonds is 7. The minimum Gasteiger partial charge on any atom is -0.481 e. The molecule has 5 N–H and O–H groups in total. The van der Waals surface area contributed by atoms with Crippen LogP contribution in [0.4, 0.5) is 0 Å². The zero-order chi connectivity index (χ0) is 15.5. The van der Waals surface area contributed by atoms with Crippen molar-refractivity contribution in [2.75, 3.05) is 5.75 Å². The third kappa shape index (κ3) is 4.03. The molecule has 0 unspecified atom stereocenters. The van der Waals surface area contributed by atoms with E-state index in [2.05, 4.69) is 9.97 Å². The van der Waals surface area contributed by atoms with E-state index in [-0.39, 0.29) is 6.42 Å². The standard InChI is InChI=1S/C10H15N3O6S/c1-5(8(14)15)2-6-3-12-10(13-6)20(18,19)4-7(11)9(16)17/h3,5,7H,2,4,11H2,1H3,(H,12,13)(H,14,15)(H,16,17)/t5-,7-/m0/s1. The summed E-state index contributed by atoms with van der Waals surface area (Å²) in [6.45, 7) is 1.47. The molecule has 1 aromatic rings. The number of aromatic nitrogens is 2. The number of aliphatic carboxylic acids is 2. The topological polar surface area (TPSA) is 163 Å². The molecule has 0 spiro atoms. The van der Waals surface area contributed by atoms with Crippen molar-refractivity contribution in [2.24, 2.45) is 11.7 Å². The Balaban J connectivity index is 2.85. The van der Waals surface area contributed by atoms with Crippen molar-refractivity contribution in [3.8, 4) is 0 Å². The molecule has 2 atom stereocenters. The summed E-state index contributed by atoms with van der Waals surface area (Å²) >= 11 is 0. The summed E-state index contributed by atoms with van der Waals surface area (Å²) in [5.41, 5.74) is 5.50. The molecule has 0 saturated carbocycles. The molecule has 0 aliphatic rings. The number of carboxylic acids is 2. The molecule has 0 bridgehead atoms. The number of carboxylic acid groups (broad SMARTS) is 2. The van der Waals surface area contributed by atoms with Gasteiger partial charge in [-0.05, 0) is 0 Å². The maximum Gasteiger partial charge on any atom is 0.321 e. The summed E-state index contributed by atoms with van der Waals surface area (Å²) in [4.78, 5) is 27.3. The van der Waals surface area contributed by atoms with E-state index in [1.807, 2.05) is 0 Å². The Labute approximate surface area is 114 Å². The quantitative estimate of drug-likeness (QED) is 0.491. The molecule has 20 heavy (non-hydrogen) atoms. The van der Waals surface area contributed by atoms with Crippen LogP contribution in [-0.4, -0.2) is 52.3 Å². The van der Waals surface area contributed by atoms with Gasteiger partial charge in [-0.25, -0.2) is 13.4 Å². The average molecular weight is 305 g/mol. The van der Waals surface area contributed by atoms with E-state index in [0.29, 0.717) is 5.69 Å². The third-order valence-corrected chi connectivity index (χ3v) is 4.16. The van der Waals surface area contributed by atoms with E-state index in [0.717, 1.165) is 0 Å². The number of hydrogen-bond acceptors (Lipinski definition) is 6. The Morgan fingerprint density at radius 3 is 2.50 bits per heavy atom. The van der Waals surface area contributed by atoms with Crippen LogP contribution in [0.3, 0.4) is 0 Å². The number of nitrogens with two attached hydrogens (primary N) is 1. The maximum atomic E-state index is 11.8. The highest BCUT2D eigenvalue weighted by Crippen LogP contribution is 2.11. The molecule has 10 heteroatoms. The lowest BCUT2D eigenvalue weighted by atomic mass is 10.1. The van der Waals surface area contributed by atoms with Gasteiger partial charge in [-0.2, -0.15) is 0 Å². The van der Waals surface area contributed by atoms with Crippen molar-refractivity contribution >= 4 is 21.8 Å². The zero-order valence-corrected chi connectivity index (χ0v) is 11.4. The van der Waals surface area contributed by atoms with Gasteiger partial charge in [0, 0.05) is 18.3 Å². The van der Waals surface area contributed by atoms with Crippen molar-refractivity contribution in [2.45, 2.75) is 24.5 Å². The van der Waals surface area contributed by atoms with E-state index in [9.17, 15) is 18.0 Å². The molecule has 0 amide bonds. The minimum absolute atomic E-state index is 0.0861. The van der Waals surface area contributed by atoms with Gasteiger partial charge in [0.05, 0.1) is 11.7 Å². The van der Waals surface area contributed by atoms with Crippen LogP contribution in [0.15, 0.2) is 11.4 Å². The molecule has 0 aliphatic carbocycles. The van der Waals surface area contributed by atoms with Gasteiger partial charge in [0.15, 0.2) is 0 Å². The fourth-order valence-electron chi connectivity index (χ4n) is 1.40. The Kier molecular flexibility index (Phi) is 4.84. The summed E-state index contributed by atoms with van der Waals surface area (Å²) in [6, 6.07) is -1.55. The predicted octanol–water partition coefficient (Wildman–Crippen LogP) is -1.14. The first kappa shape index (κ1) is 16.1. The van der Waals surface area contributed by atoms with Gasteiger partial charge in [0.1, 0.15) is 6.04 Å². The highest BCUT2D eigenvalue weighted by atomic mass is 32.2. The molecule has 9 nitrogen and oxygen atoms in total. The second-order valence-electron chi connectivity index (χ2n) is 4.38. The zero-order valence-electron chi connectivity index (χ0n) is 10.6. The monoisotopic (exact) mass is 305 g/mol. The molecule has 1 aromatic heterocycles. The van der Waals surface area contributed by atoms with Crippen molar-refractivity contribution < 1.29 is 28.2 Å². The highest BCUT2D eigenvalue weighted by Gasteiger charge is 2.26. The van der Waals surface area contributed by atoms with Gasteiger partial charge in [0.2, 0.25) is 15.0 Å². The molecule has 1 rings (SSSR count). The van der Waals surface area contributed by atoms with Gasteiger partial charge in [-0.15, -0.1) is 0 Å². The van der Waals surface area contributed by atoms with Crippen molar-refractivity contribution in [3.63, 3.8) is 0 Å². The average Bonchev–Trinajstić information content (AvgIpc) is 2.77. The summed E-state index contributed by atoms with van der Waals surface area (Å²) in [7, 11) is -3.96. The highest BCUT2D eigenvalue weighted by molar-refractivity contribution is 7.91. The largest absolute Gasteiger partial charge is 0.481 e. The maximum absolute atomic E-state index is 11.8. The molecule has 112 valence electrons. The predicted molar refractivity (Wildman–Crippen MR) is 66.8 cm³/mol. The summed E-state index contributed by atoms with van der Waals surface area (Å²) in [5, 5.41) is 16.9. The number of sulfone groups is 1. The van der Waals surface area contributed by atoms with Gasteiger partial charge < -0.3 is 20.9 Å². The van der Waals surface area contributed by atoms with Crippen LogP contribution < -0.4 is 5.73 Å². The van der Waals surface area contributed by atoms with Gasteiger partial charge in [-0.1, -0.05) is 6.92 Å². The van der Waals surface area contributed by atoms with Gasteiger partial charge in [-0.3, -0.25) is 9.59 Å². The first-order valence-electron chi connectivity index (χ1n) is 5.61. The molecule has 1 heterocycles. The van der Waals surface area contributed by atoms with Crippen LogP contribution in [0, 0.1) is 5.92 Å². The van der Waals surface area contributed by atoms with Crippen LogP contribution in [0.5, 0.6) is 0 Å². The first-order chi connectivity index (χ1) is 9.13. The van der Waals surface area contributed by atoms with Crippen molar-refractivity contribution in [1.82, 2.24) is 9.97 Å². The van der Waals surface area contributed by atoms with E-state index in [1.165, 1.54) is 13.1 Å². The van der Waals surface area contributed by atoms with E-state index in [4.69, 9.17) is 15.9 Å². The molecule has 0 saturated heterocycles. The summed E-state index contributed by atoms with van der Waals surface area (Å²) in [6.07, 6.45) is 1.29.